The molecular formula is C12H19O2P. The summed E-state index contributed by atoms with van der Waals surface area (Å²) in [5.41, 5.74) is 1.02. The van der Waals surface area contributed by atoms with Gasteiger partial charge in [0.1, 0.15) is 5.50 Å². The Morgan fingerprint density at radius 3 is 2.47 bits per heavy atom. The van der Waals surface area contributed by atoms with E-state index in [0.29, 0.717) is 12.2 Å². The highest BCUT2D eigenvalue weighted by atomic mass is 31.1. The number of rotatable bonds is 6. The lowest BCUT2D eigenvalue weighted by Crippen LogP contribution is -2.01. The van der Waals surface area contributed by atoms with Crippen LogP contribution in [0, 0.1) is 0 Å². The second-order valence-electron chi connectivity index (χ2n) is 3.48. The first kappa shape index (κ1) is 12.4. The molecule has 0 bridgehead atoms. The normalized spacial score (nSPS) is 10.9. The summed E-state index contributed by atoms with van der Waals surface area (Å²) in [6.07, 6.45) is 3.72. The number of carbonyl (C=O) groups is 1. The summed E-state index contributed by atoms with van der Waals surface area (Å²) in [5.74, 6) is 0.673. The predicted molar refractivity (Wildman–Crippen MR) is 65.6 cm³/mol. The molecule has 84 valence electrons. The van der Waals surface area contributed by atoms with Crippen molar-refractivity contribution < 1.29 is 9.21 Å². The predicted octanol–water partition coefficient (Wildman–Crippen LogP) is 3.41. The molecule has 0 saturated carbocycles. The van der Waals surface area contributed by atoms with E-state index in [4.69, 9.17) is 4.42 Å². The Morgan fingerprint density at radius 1 is 1.27 bits per heavy atom. The fourth-order valence-corrected chi connectivity index (χ4v) is 3.12. The molecule has 0 spiro atoms. The van der Waals surface area contributed by atoms with Crippen LogP contribution in [0.2, 0.25) is 0 Å². The first-order valence-electron chi connectivity index (χ1n) is 5.60. The van der Waals surface area contributed by atoms with Gasteiger partial charge in [0, 0.05) is 6.42 Å². The summed E-state index contributed by atoms with van der Waals surface area (Å²) in [7, 11) is -0.183. The largest absolute Gasteiger partial charge is 0.453 e. The highest BCUT2D eigenvalue weighted by molar-refractivity contribution is 7.65. The second-order valence-corrected chi connectivity index (χ2v) is 6.27. The smallest absolute Gasteiger partial charge is 0.198 e. The van der Waals surface area contributed by atoms with E-state index in [-0.39, 0.29) is 13.7 Å². The average molecular weight is 226 g/mol. The van der Waals surface area contributed by atoms with Crippen LogP contribution < -0.4 is 5.50 Å². The lowest BCUT2D eigenvalue weighted by Gasteiger charge is -2.08. The van der Waals surface area contributed by atoms with E-state index in [2.05, 4.69) is 13.8 Å². The van der Waals surface area contributed by atoms with Crippen molar-refractivity contribution in [3.05, 3.63) is 17.9 Å². The molecule has 1 rings (SSSR count). The minimum Gasteiger partial charge on any atom is -0.453 e. The highest BCUT2D eigenvalue weighted by Crippen LogP contribution is 2.33. The molecule has 2 nitrogen and oxygen atoms in total. The third-order valence-electron chi connectivity index (χ3n) is 2.42. The Morgan fingerprint density at radius 2 is 1.93 bits per heavy atom. The van der Waals surface area contributed by atoms with E-state index >= 15 is 0 Å². The lowest BCUT2D eigenvalue weighted by atomic mass is 10.2. The van der Waals surface area contributed by atoms with E-state index in [9.17, 15) is 4.79 Å². The molecule has 0 aromatic carbocycles. The van der Waals surface area contributed by atoms with Gasteiger partial charge in [-0.3, -0.25) is 4.79 Å². The van der Waals surface area contributed by atoms with Gasteiger partial charge in [0.25, 0.3) is 0 Å². The zero-order valence-corrected chi connectivity index (χ0v) is 10.6. The molecule has 0 unspecified atom stereocenters. The maximum Gasteiger partial charge on any atom is 0.198 e. The van der Waals surface area contributed by atoms with Gasteiger partial charge in [-0.2, -0.15) is 0 Å². The van der Waals surface area contributed by atoms with Crippen LogP contribution in [0.1, 0.15) is 44.2 Å². The maximum absolute atomic E-state index is 11.6. The standard InChI is InChI=1S/C12H19O2P/c1-4-7-10(13)11-8-9-12(14-11)15(5-2)6-3/h8-9H,4-7H2,1-3H3. The van der Waals surface area contributed by atoms with Gasteiger partial charge in [-0.05, 0) is 38.8 Å². The number of hydrogen-bond acceptors (Lipinski definition) is 2. The number of Topliss-reactive ketones (excluding diaryl/α,β-unsaturated/α-hetero) is 1. The van der Waals surface area contributed by atoms with Gasteiger partial charge in [-0.1, -0.05) is 20.8 Å². The minimum absolute atomic E-state index is 0.130. The van der Waals surface area contributed by atoms with Crippen molar-refractivity contribution in [2.45, 2.75) is 33.6 Å². The molecule has 0 fully saturated rings. The van der Waals surface area contributed by atoms with Gasteiger partial charge in [-0.15, -0.1) is 0 Å². The Labute approximate surface area is 92.8 Å². The van der Waals surface area contributed by atoms with Crippen LogP contribution in [-0.2, 0) is 0 Å². The van der Waals surface area contributed by atoms with Crippen molar-refractivity contribution in [2.24, 2.45) is 0 Å². The number of ketones is 1. The van der Waals surface area contributed by atoms with Gasteiger partial charge in [0.15, 0.2) is 11.5 Å². The van der Waals surface area contributed by atoms with Crippen LogP contribution in [-0.4, -0.2) is 18.1 Å². The highest BCUT2D eigenvalue weighted by Gasteiger charge is 2.14. The van der Waals surface area contributed by atoms with Gasteiger partial charge >= 0.3 is 0 Å². The molecule has 0 aliphatic heterocycles. The maximum atomic E-state index is 11.6. The zero-order chi connectivity index (χ0) is 11.3. The first-order chi connectivity index (χ1) is 7.22. The molecule has 1 aromatic rings. The molecule has 0 atom stereocenters. The molecule has 0 N–H and O–H groups in total. The second kappa shape index (κ2) is 6.07. The van der Waals surface area contributed by atoms with Gasteiger partial charge in [-0.25, -0.2) is 0 Å². The summed E-state index contributed by atoms with van der Waals surface area (Å²) in [4.78, 5) is 11.6. The summed E-state index contributed by atoms with van der Waals surface area (Å²) in [6, 6.07) is 3.80. The first-order valence-corrected chi connectivity index (χ1v) is 7.32. The molecule has 3 heteroatoms. The molecule has 0 aliphatic rings. The van der Waals surface area contributed by atoms with E-state index in [1.54, 1.807) is 0 Å². The Balaban J connectivity index is 2.75. The van der Waals surface area contributed by atoms with Crippen LogP contribution in [0.15, 0.2) is 16.5 Å². The SMILES string of the molecule is CCCC(=O)c1ccc(P(CC)CC)o1. The molecule has 0 saturated heterocycles. The summed E-state index contributed by atoms with van der Waals surface area (Å²) in [5, 5.41) is 0. The van der Waals surface area contributed by atoms with Crippen molar-refractivity contribution in [3.8, 4) is 0 Å². The van der Waals surface area contributed by atoms with Gasteiger partial charge in [0.05, 0.1) is 0 Å². The van der Waals surface area contributed by atoms with Gasteiger partial charge < -0.3 is 4.42 Å². The lowest BCUT2D eigenvalue weighted by molar-refractivity contribution is 0.0956. The average Bonchev–Trinajstić information content (AvgIpc) is 2.69. The van der Waals surface area contributed by atoms with Crippen molar-refractivity contribution in [3.63, 3.8) is 0 Å². The third kappa shape index (κ3) is 3.17. The molecular weight excluding hydrogens is 207 g/mol. The van der Waals surface area contributed by atoms with E-state index in [1.807, 2.05) is 19.1 Å². The quantitative estimate of drug-likeness (QED) is 0.549. The monoisotopic (exact) mass is 226 g/mol. The molecule has 0 aliphatic carbocycles. The molecule has 1 heterocycles. The topological polar surface area (TPSA) is 30.2 Å². The third-order valence-corrected chi connectivity index (χ3v) is 4.81. The number of hydrogen-bond donors (Lipinski definition) is 0. The number of carbonyl (C=O) groups excluding carboxylic acids is 1. The van der Waals surface area contributed by atoms with E-state index < -0.39 is 0 Å². The molecule has 0 amide bonds. The van der Waals surface area contributed by atoms with E-state index in [1.165, 1.54) is 0 Å². The molecule has 0 radical (unpaired) electrons. The van der Waals surface area contributed by atoms with Crippen LogP contribution in [0.4, 0.5) is 0 Å². The Hall–Kier alpha value is -0.620. The van der Waals surface area contributed by atoms with Crippen LogP contribution in [0.5, 0.6) is 0 Å². The Kier molecular flexibility index (Phi) is 5.04. The van der Waals surface area contributed by atoms with Crippen molar-refractivity contribution >= 4 is 19.2 Å². The van der Waals surface area contributed by atoms with Crippen molar-refractivity contribution in [1.82, 2.24) is 0 Å². The van der Waals surface area contributed by atoms with Gasteiger partial charge in [0.2, 0.25) is 0 Å². The van der Waals surface area contributed by atoms with E-state index in [0.717, 1.165) is 24.2 Å². The summed E-state index contributed by atoms with van der Waals surface area (Å²) >= 11 is 0. The number of furan rings is 1. The van der Waals surface area contributed by atoms with Crippen molar-refractivity contribution in [2.75, 3.05) is 12.3 Å². The van der Waals surface area contributed by atoms with Crippen molar-refractivity contribution in [1.29, 1.82) is 0 Å². The fraction of sp³-hybridized carbons (Fsp3) is 0.583. The zero-order valence-electron chi connectivity index (χ0n) is 9.75. The van der Waals surface area contributed by atoms with Crippen LogP contribution >= 0.6 is 7.92 Å². The van der Waals surface area contributed by atoms with Crippen LogP contribution in [0.3, 0.4) is 0 Å². The molecule has 1 aromatic heterocycles. The summed E-state index contributed by atoms with van der Waals surface area (Å²) in [6.45, 7) is 6.35. The minimum atomic E-state index is -0.183. The fourth-order valence-electron chi connectivity index (χ4n) is 1.53. The molecule has 15 heavy (non-hydrogen) atoms. The van der Waals surface area contributed by atoms with Crippen LogP contribution in [0.25, 0.3) is 0 Å². The summed E-state index contributed by atoms with van der Waals surface area (Å²) < 4.78 is 5.62. The Bertz CT molecular complexity index is 313.